The Hall–Kier alpha value is -1.05. The quantitative estimate of drug-likeness (QED) is 0.661. The lowest BCUT2D eigenvalue weighted by Gasteiger charge is -2.00. The van der Waals surface area contributed by atoms with Gasteiger partial charge in [-0.05, 0) is 13.3 Å². The smallest absolute Gasteiger partial charge is 0.100 e. The molecule has 74 valence electrons. The maximum absolute atomic E-state index is 4.34. The Balaban J connectivity index is 0.00000169. The maximum Gasteiger partial charge on any atom is 0.100 e. The Bertz CT molecular complexity index is 242. The molecule has 2 heteroatoms. The molecule has 1 N–H and O–H groups in total. The number of aliphatic imine (C=N–C) groups is 1. The summed E-state index contributed by atoms with van der Waals surface area (Å²) in [5.41, 5.74) is 1.36. The van der Waals surface area contributed by atoms with E-state index in [1.807, 2.05) is 0 Å². The van der Waals surface area contributed by atoms with Crippen molar-refractivity contribution in [2.75, 3.05) is 13.1 Å². The van der Waals surface area contributed by atoms with Crippen molar-refractivity contribution in [3.8, 4) is 0 Å². The van der Waals surface area contributed by atoms with Crippen molar-refractivity contribution in [1.82, 2.24) is 5.32 Å². The van der Waals surface area contributed by atoms with Gasteiger partial charge in [-0.2, -0.15) is 0 Å². The van der Waals surface area contributed by atoms with Gasteiger partial charge in [0.05, 0.1) is 6.54 Å². The van der Waals surface area contributed by atoms with E-state index in [9.17, 15) is 0 Å². The summed E-state index contributed by atoms with van der Waals surface area (Å²) in [6.07, 6.45) is 8.50. The molecule has 0 radical (unpaired) electrons. The fourth-order valence-electron chi connectivity index (χ4n) is 1.26. The van der Waals surface area contributed by atoms with Gasteiger partial charge in [0.1, 0.15) is 5.84 Å². The monoisotopic (exact) mass is 180 g/mol. The maximum atomic E-state index is 4.34. The van der Waals surface area contributed by atoms with Crippen LogP contribution in [0.15, 0.2) is 28.8 Å². The fraction of sp³-hybridized carbons (Fsp3) is 0.545. The first-order valence-electron chi connectivity index (χ1n) is 4.92. The standard InChI is InChI=1S/C11H18N2.H2/c1-3-4-5-6-10(2)9-11-12-7-8-13-11;/h4-6H,3,7-9H2,1-2H3,(H,12,13);1H/b5-4-,10-6+;. The molecule has 2 nitrogen and oxygen atoms in total. The average Bonchev–Trinajstić information content (AvgIpc) is 2.57. The number of nitrogens with zero attached hydrogens (tertiary/aromatic N) is 1. The van der Waals surface area contributed by atoms with Crippen LogP contribution >= 0.6 is 0 Å². The van der Waals surface area contributed by atoms with Gasteiger partial charge in [0.25, 0.3) is 0 Å². The van der Waals surface area contributed by atoms with E-state index in [-0.39, 0.29) is 1.43 Å². The van der Waals surface area contributed by atoms with Crippen LogP contribution in [0.25, 0.3) is 0 Å². The SMILES string of the molecule is CC/C=C\C=C(/C)CC1=NCCN1.[HH]. The second-order valence-electron chi connectivity index (χ2n) is 3.28. The molecule has 1 heterocycles. The zero-order valence-electron chi connectivity index (χ0n) is 8.51. The first-order valence-corrected chi connectivity index (χ1v) is 4.92. The number of hydrogen-bond acceptors (Lipinski definition) is 2. The summed E-state index contributed by atoms with van der Waals surface area (Å²) in [6.45, 7) is 6.23. The number of amidine groups is 1. The topological polar surface area (TPSA) is 24.4 Å². The van der Waals surface area contributed by atoms with Crippen LogP contribution in [0.1, 0.15) is 28.1 Å². The molecule has 0 aliphatic carbocycles. The summed E-state index contributed by atoms with van der Waals surface area (Å²) < 4.78 is 0. The zero-order valence-corrected chi connectivity index (χ0v) is 8.51. The van der Waals surface area contributed by atoms with Gasteiger partial charge in [0.2, 0.25) is 0 Å². The summed E-state index contributed by atoms with van der Waals surface area (Å²) in [7, 11) is 0. The Morgan fingerprint density at radius 3 is 3.15 bits per heavy atom. The lowest BCUT2D eigenvalue weighted by atomic mass is 10.2. The first-order chi connectivity index (χ1) is 6.33. The molecule has 0 aromatic heterocycles. The summed E-state index contributed by atoms with van der Waals surface area (Å²) in [5.74, 6) is 1.14. The van der Waals surface area contributed by atoms with Crippen LogP contribution < -0.4 is 5.32 Å². The minimum absolute atomic E-state index is 0. The first kappa shape index (κ1) is 10.0. The van der Waals surface area contributed by atoms with Gasteiger partial charge < -0.3 is 5.32 Å². The van der Waals surface area contributed by atoms with Gasteiger partial charge in [-0.1, -0.05) is 30.7 Å². The highest BCUT2D eigenvalue weighted by Crippen LogP contribution is 2.03. The molecule has 1 aliphatic rings. The van der Waals surface area contributed by atoms with Crippen LogP contribution in [-0.2, 0) is 0 Å². The normalized spacial score (nSPS) is 17.7. The fourth-order valence-corrected chi connectivity index (χ4v) is 1.26. The van der Waals surface area contributed by atoms with Gasteiger partial charge >= 0.3 is 0 Å². The van der Waals surface area contributed by atoms with Crippen molar-refractivity contribution in [2.24, 2.45) is 4.99 Å². The molecule has 0 saturated carbocycles. The third-order valence-electron chi connectivity index (χ3n) is 1.94. The van der Waals surface area contributed by atoms with E-state index in [0.29, 0.717) is 0 Å². The molecular formula is C11H20N2. The Labute approximate surface area is 81.9 Å². The van der Waals surface area contributed by atoms with Crippen LogP contribution in [0.2, 0.25) is 0 Å². The van der Waals surface area contributed by atoms with E-state index in [1.165, 1.54) is 5.57 Å². The molecule has 1 rings (SSSR count). The van der Waals surface area contributed by atoms with Gasteiger partial charge in [-0.25, -0.2) is 0 Å². The third-order valence-corrected chi connectivity index (χ3v) is 1.94. The Kier molecular flexibility index (Phi) is 4.30. The van der Waals surface area contributed by atoms with Crippen molar-refractivity contribution in [1.29, 1.82) is 0 Å². The van der Waals surface area contributed by atoms with Gasteiger partial charge in [0.15, 0.2) is 0 Å². The highest BCUT2D eigenvalue weighted by molar-refractivity contribution is 5.85. The second kappa shape index (κ2) is 5.57. The molecule has 0 unspecified atom stereocenters. The van der Waals surface area contributed by atoms with Crippen LogP contribution in [-0.4, -0.2) is 18.9 Å². The largest absolute Gasteiger partial charge is 0.372 e. The molecule has 0 atom stereocenters. The van der Waals surface area contributed by atoms with Gasteiger partial charge in [-0.3, -0.25) is 4.99 Å². The summed E-state index contributed by atoms with van der Waals surface area (Å²) in [6, 6.07) is 0. The number of allylic oxidation sites excluding steroid dienone is 3. The lowest BCUT2D eigenvalue weighted by molar-refractivity contribution is 0.952. The van der Waals surface area contributed by atoms with E-state index in [1.54, 1.807) is 0 Å². The van der Waals surface area contributed by atoms with Crippen molar-refractivity contribution < 1.29 is 1.43 Å². The summed E-state index contributed by atoms with van der Waals surface area (Å²) >= 11 is 0. The number of nitrogens with one attached hydrogen (secondary N) is 1. The Morgan fingerprint density at radius 1 is 1.69 bits per heavy atom. The van der Waals surface area contributed by atoms with E-state index >= 15 is 0 Å². The minimum Gasteiger partial charge on any atom is -0.372 e. The lowest BCUT2D eigenvalue weighted by Crippen LogP contribution is -2.18. The van der Waals surface area contributed by atoms with Crippen molar-refractivity contribution in [3.05, 3.63) is 23.8 Å². The molecular weight excluding hydrogens is 160 g/mol. The Morgan fingerprint density at radius 2 is 2.54 bits per heavy atom. The summed E-state index contributed by atoms with van der Waals surface area (Å²) in [4.78, 5) is 4.34. The second-order valence-corrected chi connectivity index (χ2v) is 3.28. The molecule has 0 saturated heterocycles. The average molecular weight is 180 g/mol. The van der Waals surface area contributed by atoms with Crippen LogP contribution in [0.5, 0.6) is 0 Å². The third kappa shape index (κ3) is 3.92. The van der Waals surface area contributed by atoms with E-state index in [0.717, 1.165) is 31.8 Å². The molecule has 1 aliphatic heterocycles. The van der Waals surface area contributed by atoms with Crippen LogP contribution in [0.4, 0.5) is 0 Å². The van der Waals surface area contributed by atoms with Gasteiger partial charge in [0, 0.05) is 14.4 Å². The van der Waals surface area contributed by atoms with Crippen LogP contribution in [0, 0.1) is 0 Å². The molecule has 0 spiro atoms. The highest BCUT2D eigenvalue weighted by Gasteiger charge is 2.03. The zero-order chi connectivity index (χ0) is 9.52. The molecule has 0 aromatic rings. The van der Waals surface area contributed by atoms with Crippen LogP contribution in [0.3, 0.4) is 0 Å². The van der Waals surface area contributed by atoms with E-state index in [2.05, 4.69) is 42.4 Å². The minimum atomic E-state index is 0. The van der Waals surface area contributed by atoms with E-state index in [4.69, 9.17) is 0 Å². The molecule has 0 bridgehead atoms. The predicted molar refractivity (Wildman–Crippen MR) is 60.2 cm³/mol. The highest BCUT2D eigenvalue weighted by atomic mass is 15.1. The van der Waals surface area contributed by atoms with Crippen molar-refractivity contribution in [2.45, 2.75) is 26.7 Å². The number of rotatable bonds is 4. The van der Waals surface area contributed by atoms with Crippen molar-refractivity contribution >= 4 is 5.84 Å². The number of hydrogen-bond donors (Lipinski definition) is 1. The molecule has 0 aromatic carbocycles. The van der Waals surface area contributed by atoms with Gasteiger partial charge in [-0.15, -0.1) is 0 Å². The molecule has 13 heavy (non-hydrogen) atoms. The van der Waals surface area contributed by atoms with E-state index < -0.39 is 0 Å². The summed E-state index contributed by atoms with van der Waals surface area (Å²) in [5, 5.41) is 3.26. The van der Waals surface area contributed by atoms with Crippen molar-refractivity contribution in [3.63, 3.8) is 0 Å². The predicted octanol–water partition coefficient (Wildman–Crippen LogP) is 2.54. The molecule has 0 fully saturated rings. The molecule has 0 amide bonds.